The Bertz CT molecular complexity index is 485. The summed E-state index contributed by atoms with van der Waals surface area (Å²) in [6.07, 6.45) is 1.19. The second-order valence-corrected chi connectivity index (χ2v) is 6.84. The van der Waals surface area contributed by atoms with Gasteiger partial charge in [0.05, 0.1) is 0 Å². The van der Waals surface area contributed by atoms with Crippen molar-refractivity contribution < 1.29 is 9.53 Å². The summed E-state index contributed by atoms with van der Waals surface area (Å²) in [5.41, 5.74) is 2.11. The average molecular weight is 260 g/mol. The fraction of sp³-hybridized carbons (Fsp3) is 0.471. The van der Waals surface area contributed by atoms with Gasteiger partial charge in [0.25, 0.3) is 0 Å². The van der Waals surface area contributed by atoms with Gasteiger partial charge in [0.1, 0.15) is 5.75 Å². The molecule has 0 saturated heterocycles. The summed E-state index contributed by atoms with van der Waals surface area (Å²) in [7, 11) is 0. The second-order valence-electron chi connectivity index (χ2n) is 6.84. The molecule has 0 N–H and O–H groups in total. The summed E-state index contributed by atoms with van der Waals surface area (Å²) in [5, 5.41) is 0. The maximum atomic E-state index is 11.5. The van der Waals surface area contributed by atoms with Crippen LogP contribution in [0.25, 0.3) is 0 Å². The van der Waals surface area contributed by atoms with E-state index in [0.717, 1.165) is 11.1 Å². The van der Waals surface area contributed by atoms with Crippen LogP contribution >= 0.6 is 0 Å². The van der Waals surface area contributed by atoms with Crippen LogP contribution in [0.4, 0.5) is 0 Å². The Morgan fingerprint density at radius 2 is 1.68 bits per heavy atom. The van der Waals surface area contributed by atoms with E-state index in [2.05, 4.69) is 54.2 Å². The number of carbonyl (C=O) groups is 1. The number of rotatable bonds is 2. The average Bonchev–Trinajstić information content (AvgIpc) is 2.26. The number of hydrogen-bond donors (Lipinski definition) is 0. The summed E-state index contributed by atoms with van der Waals surface area (Å²) in [6, 6.07) is 6.11. The monoisotopic (exact) mass is 260 g/mol. The van der Waals surface area contributed by atoms with Gasteiger partial charge >= 0.3 is 5.97 Å². The Hall–Kier alpha value is -1.57. The molecule has 0 aliphatic heterocycles. The van der Waals surface area contributed by atoms with Gasteiger partial charge in [0.2, 0.25) is 0 Å². The standard InChI is InChI=1S/C17H24O2/c1-8-15(18)19-14-11-12(16(2,3)4)9-10-13(14)17(5,6)7/h8-11H,1H2,2-7H3. The van der Waals surface area contributed by atoms with E-state index in [1.54, 1.807) is 0 Å². The molecule has 0 atom stereocenters. The molecule has 0 saturated carbocycles. The van der Waals surface area contributed by atoms with E-state index in [9.17, 15) is 4.79 Å². The maximum absolute atomic E-state index is 11.5. The Labute approximate surface area is 116 Å². The van der Waals surface area contributed by atoms with Gasteiger partial charge in [-0.25, -0.2) is 4.79 Å². The number of esters is 1. The topological polar surface area (TPSA) is 26.3 Å². The van der Waals surface area contributed by atoms with E-state index in [4.69, 9.17) is 4.74 Å². The molecule has 19 heavy (non-hydrogen) atoms. The molecule has 0 bridgehead atoms. The van der Waals surface area contributed by atoms with Gasteiger partial charge in [0.15, 0.2) is 0 Å². The van der Waals surface area contributed by atoms with Crippen LogP contribution in [0.2, 0.25) is 0 Å². The highest BCUT2D eigenvalue weighted by Gasteiger charge is 2.23. The van der Waals surface area contributed by atoms with Crippen LogP contribution in [-0.2, 0) is 15.6 Å². The van der Waals surface area contributed by atoms with Gasteiger partial charge in [-0.15, -0.1) is 0 Å². The van der Waals surface area contributed by atoms with Crippen molar-refractivity contribution in [2.24, 2.45) is 0 Å². The van der Waals surface area contributed by atoms with E-state index >= 15 is 0 Å². The minimum Gasteiger partial charge on any atom is -0.423 e. The van der Waals surface area contributed by atoms with Crippen molar-refractivity contribution in [3.05, 3.63) is 42.0 Å². The van der Waals surface area contributed by atoms with E-state index in [0.29, 0.717) is 5.75 Å². The summed E-state index contributed by atoms with van der Waals surface area (Å²) in [6.45, 7) is 16.2. The predicted octanol–water partition coefficient (Wildman–Crippen LogP) is 4.37. The van der Waals surface area contributed by atoms with Crippen LogP contribution in [0.1, 0.15) is 52.7 Å². The van der Waals surface area contributed by atoms with Crippen LogP contribution < -0.4 is 4.74 Å². The lowest BCUT2D eigenvalue weighted by atomic mass is 9.81. The fourth-order valence-corrected chi connectivity index (χ4v) is 1.84. The van der Waals surface area contributed by atoms with Gasteiger partial charge in [-0.3, -0.25) is 0 Å². The van der Waals surface area contributed by atoms with Gasteiger partial charge < -0.3 is 4.74 Å². The van der Waals surface area contributed by atoms with Crippen molar-refractivity contribution in [1.82, 2.24) is 0 Å². The zero-order chi connectivity index (χ0) is 14.8. The third-order valence-corrected chi connectivity index (χ3v) is 3.03. The molecule has 0 fully saturated rings. The minimum atomic E-state index is -0.420. The summed E-state index contributed by atoms with van der Waals surface area (Å²) in [4.78, 5) is 11.5. The smallest absolute Gasteiger partial charge is 0.335 e. The first-order valence-electron chi connectivity index (χ1n) is 6.55. The zero-order valence-electron chi connectivity index (χ0n) is 12.8. The third kappa shape index (κ3) is 3.95. The molecule has 0 amide bonds. The zero-order valence-corrected chi connectivity index (χ0v) is 12.8. The molecular formula is C17H24O2. The predicted molar refractivity (Wildman–Crippen MR) is 79.7 cm³/mol. The number of carbonyl (C=O) groups excluding carboxylic acids is 1. The summed E-state index contributed by atoms with van der Waals surface area (Å²) >= 11 is 0. The van der Waals surface area contributed by atoms with Gasteiger partial charge in [-0.05, 0) is 22.5 Å². The van der Waals surface area contributed by atoms with Crippen molar-refractivity contribution in [3.63, 3.8) is 0 Å². The van der Waals surface area contributed by atoms with Gasteiger partial charge in [-0.1, -0.05) is 60.3 Å². The normalized spacial score (nSPS) is 12.1. The lowest BCUT2D eigenvalue weighted by Gasteiger charge is -2.26. The first-order valence-corrected chi connectivity index (χ1v) is 6.55. The molecule has 2 heteroatoms. The van der Waals surface area contributed by atoms with Crippen LogP contribution in [-0.4, -0.2) is 5.97 Å². The highest BCUT2D eigenvalue weighted by Crippen LogP contribution is 2.35. The number of ether oxygens (including phenoxy) is 1. The third-order valence-electron chi connectivity index (χ3n) is 3.03. The fourth-order valence-electron chi connectivity index (χ4n) is 1.84. The molecule has 1 aromatic rings. The maximum Gasteiger partial charge on any atom is 0.335 e. The molecule has 0 aliphatic rings. The molecular weight excluding hydrogens is 236 g/mol. The van der Waals surface area contributed by atoms with Crippen molar-refractivity contribution in [3.8, 4) is 5.75 Å². The lowest BCUT2D eigenvalue weighted by Crippen LogP contribution is -2.18. The van der Waals surface area contributed by atoms with Crippen molar-refractivity contribution in [2.45, 2.75) is 52.4 Å². The van der Waals surface area contributed by atoms with Crippen molar-refractivity contribution in [1.29, 1.82) is 0 Å². The Balaban J connectivity index is 3.34. The summed E-state index contributed by atoms with van der Waals surface area (Å²) < 4.78 is 5.40. The molecule has 104 valence electrons. The minimum absolute atomic E-state index is 0.0196. The molecule has 0 aliphatic carbocycles. The lowest BCUT2D eigenvalue weighted by molar-refractivity contribution is -0.129. The first-order chi connectivity index (χ1) is 8.55. The van der Waals surface area contributed by atoms with Crippen molar-refractivity contribution >= 4 is 5.97 Å². The van der Waals surface area contributed by atoms with Crippen LogP contribution in [0, 0.1) is 0 Å². The number of benzene rings is 1. The van der Waals surface area contributed by atoms with E-state index in [1.807, 2.05) is 12.1 Å². The highest BCUT2D eigenvalue weighted by atomic mass is 16.5. The SMILES string of the molecule is C=CC(=O)Oc1cc(C(C)(C)C)ccc1C(C)(C)C. The quantitative estimate of drug-likeness (QED) is 0.448. The molecule has 0 heterocycles. The molecule has 0 radical (unpaired) electrons. The molecule has 0 spiro atoms. The van der Waals surface area contributed by atoms with Crippen LogP contribution in [0.5, 0.6) is 5.75 Å². The first kappa shape index (κ1) is 15.5. The second kappa shape index (κ2) is 5.20. The van der Waals surface area contributed by atoms with Crippen LogP contribution in [0.15, 0.2) is 30.9 Å². The van der Waals surface area contributed by atoms with Crippen LogP contribution in [0.3, 0.4) is 0 Å². The highest BCUT2D eigenvalue weighted by molar-refractivity contribution is 5.83. The largest absolute Gasteiger partial charge is 0.423 e. The molecule has 1 aromatic carbocycles. The van der Waals surface area contributed by atoms with E-state index < -0.39 is 5.97 Å². The molecule has 1 rings (SSSR count). The molecule has 0 aromatic heterocycles. The van der Waals surface area contributed by atoms with E-state index in [1.165, 1.54) is 6.08 Å². The Kier molecular flexibility index (Phi) is 4.24. The number of hydrogen-bond acceptors (Lipinski definition) is 2. The van der Waals surface area contributed by atoms with Crippen molar-refractivity contribution in [2.75, 3.05) is 0 Å². The molecule has 0 unspecified atom stereocenters. The summed E-state index contributed by atoms with van der Waals surface area (Å²) in [5.74, 6) is 0.210. The van der Waals surface area contributed by atoms with Gasteiger partial charge in [0, 0.05) is 11.6 Å². The Morgan fingerprint density at radius 1 is 1.11 bits per heavy atom. The Morgan fingerprint density at radius 3 is 2.11 bits per heavy atom. The van der Waals surface area contributed by atoms with Gasteiger partial charge in [-0.2, -0.15) is 0 Å². The molecule has 2 nitrogen and oxygen atoms in total. The van der Waals surface area contributed by atoms with E-state index in [-0.39, 0.29) is 10.8 Å².